The Labute approximate surface area is 144 Å². The minimum absolute atomic E-state index is 0.317. The summed E-state index contributed by atoms with van der Waals surface area (Å²) in [5, 5.41) is 10.1. The number of amidine groups is 1. The number of likely N-dealkylation sites (N-methyl/N-ethyl adjacent to an activating group) is 1. The summed E-state index contributed by atoms with van der Waals surface area (Å²) in [7, 11) is 0. The standard InChI is InChI=1S/C20H39N2O/c1-4-6-7-8-9-10-11-12-13-14-15-16-20-21-17-18-22(20,5-2)19(3)23/h6-7,19,23H,4-5,8-18H2,1-3H3/q+1/b7-6+. The van der Waals surface area contributed by atoms with E-state index in [0.29, 0.717) is 4.48 Å². The highest BCUT2D eigenvalue weighted by Gasteiger charge is 2.40. The quantitative estimate of drug-likeness (QED) is 0.287. The second kappa shape index (κ2) is 11.8. The number of aliphatic hydroxyl groups excluding tert-OH is 1. The van der Waals surface area contributed by atoms with Crippen molar-refractivity contribution >= 4 is 5.84 Å². The van der Waals surface area contributed by atoms with Crippen molar-refractivity contribution in [2.45, 2.75) is 91.2 Å². The van der Waals surface area contributed by atoms with Crippen LogP contribution < -0.4 is 0 Å². The van der Waals surface area contributed by atoms with Gasteiger partial charge < -0.3 is 5.11 Å². The largest absolute Gasteiger partial charge is 0.345 e. The molecule has 0 aliphatic carbocycles. The summed E-state index contributed by atoms with van der Waals surface area (Å²) in [6, 6.07) is 0. The molecular weight excluding hydrogens is 284 g/mol. The average molecular weight is 324 g/mol. The minimum Gasteiger partial charge on any atom is -0.345 e. The van der Waals surface area contributed by atoms with Crippen LogP contribution in [0.15, 0.2) is 17.1 Å². The van der Waals surface area contributed by atoms with Crippen molar-refractivity contribution in [2.75, 3.05) is 19.6 Å². The normalized spacial score (nSPS) is 22.7. The van der Waals surface area contributed by atoms with Crippen molar-refractivity contribution in [1.29, 1.82) is 0 Å². The second-order valence-electron chi connectivity index (χ2n) is 6.90. The fourth-order valence-electron chi connectivity index (χ4n) is 3.65. The lowest BCUT2D eigenvalue weighted by Gasteiger charge is -2.36. The van der Waals surface area contributed by atoms with Gasteiger partial charge in [0.25, 0.3) is 0 Å². The van der Waals surface area contributed by atoms with E-state index in [-0.39, 0.29) is 6.23 Å². The van der Waals surface area contributed by atoms with Gasteiger partial charge in [0.1, 0.15) is 6.54 Å². The highest BCUT2D eigenvalue weighted by atomic mass is 16.3. The highest BCUT2D eigenvalue weighted by Crippen LogP contribution is 2.22. The van der Waals surface area contributed by atoms with Gasteiger partial charge in [-0.3, -0.25) is 4.48 Å². The predicted molar refractivity (Wildman–Crippen MR) is 101 cm³/mol. The van der Waals surface area contributed by atoms with Crippen molar-refractivity contribution in [3.05, 3.63) is 12.2 Å². The molecule has 1 heterocycles. The molecule has 1 aliphatic heterocycles. The molecule has 0 aromatic carbocycles. The van der Waals surface area contributed by atoms with Crippen LogP contribution in [0.4, 0.5) is 0 Å². The summed E-state index contributed by atoms with van der Waals surface area (Å²) in [4.78, 5) is 4.69. The molecule has 0 spiro atoms. The van der Waals surface area contributed by atoms with Gasteiger partial charge in [0.05, 0.1) is 13.1 Å². The molecule has 0 aromatic heterocycles. The fraction of sp³-hybridized carbons (Fsp3) is 0.850. The third-order valence-electron chi connectivity index (χ3n) is 5.26. The van der Waals surface area contributed by atoms with Gasteiger partial charge in [-0.15, -0.1) is 0 Å². The van der Waals surface area contributed by atoms with Crippen LogP contribution >= 0.6 is 0 Å². The molecule has 134 valence electrons. The van der Waals surface area contributed by atoms with Crippen molar-refractivity contribution in [2.24, 2.45) is 4.99 Å². The Kier molecular flexibility index (Phi) is 10.5. The maximum Gasteiger partial charge on any atom is 0.200 e. The SMILES string of the molecule is CC/C=C/CCCCCCCCCC1=NCC[N+]1(CC)C(C)O. The molecular formula is C20H39N2O+. The summed E-state index contributed by atoms with van der Waals surface area (Å²) in [6.07, 6.45) is 17.1. The molecule has 0 amide bonds. The van der Waals surface area contributed by atoms with Gasteiger partial charge in [-0.25, -0.2) is 4.99 Å². The summed E-state index contributed by atoms with van der Waals surface area (Å²) in [5.41, 5.74) is 0. The Morgan fingerprint density at radius 2 is 1.70 bits per heavy atom. The number of rotatable bonds is 13. The lowest BCUT2D eigenvalue weighted by atomic mass is 10.1. The van der Waals surface area contributed by atoms with E-state index in [1.165, 1.54) is 63.6 Å². The van der Waals surface area contributed by atoms with Crippen molar-refractivity contribution < 1.29 is 9.59 Å². The molecule has 0 saturated carbocycles. The molecule has 1 aliphatic rings. The van der Waals surface area contributed by atoms with E-state index in [1.54, 1.807) is 0 Å². The maximum atomic E-state index is 10.1. The molecule has 0 aromatic rings. The third-order valence-corrected chi connectivity index (χ3v) is 5.26. The maximum absolute atomic E-state index is 10.1. The number of unbranched alkanes of at least 4 members (excludes halogenated alkanes) is 7. The molecule has 2 atom stereocenters. The monoisotopic (exact) mass is 323 g/mol. The van der Waals surface area contributed by atoms with Crippen LogP contribution in [0.25, 0.3) is 0 Å². The predicted octanol–water partition coefficient (Wildman–Crippen LogP) is 5.05. The first-order chi connectivity index (χ1) is 11.2. The minimum atomic E-state index is -0.317. The molecule has 0 fully saturated rings. The van der Waals surface area contributed by atoms with E-state index in [9.17, 15) is 5.11 Å². The Morgan fingerprint density at radius 1 is 1.04 bits per heavy atom. The molecule has 1 rings (SSSR count). The van der Waals surface area contributed by atoms with Crippen LogP contribution in [0.5, 0.6) is 0 Å². The zero-order valence-electron chi connectivity index (χ0n) is 15.8. The Hall–Kier alpha value is -0.670. The molecule has 0 saturated heterocycles. The first-order valence-corrected chi connectivity index (χ1v) is 9.91. The van der Waals surface area contributed by atoms with Crippen LogP contribution in [0.1, 0.15) is 85.0 Å². The second-order valence-corrected chi connectivity index (χ2v) is 6.90. The first kappa shape index (κ1) is 20.4. The first-order valence-electron chi connectivity index (χ1n) is 9.91. The van der Waals surface area contributed by atoms with Crippen LogP contribution in [0, 0.1) is 0 Å². The Bertz CT molecular complexity index is 363. The zero-order valence-corrected chi connectivity index (χ0v) is 15.8. The molecule has 2 unspecified atom stereocenters. The van der Waals surface area contributed by atoms with Crippen LogP contribution in [0.2, 0.25) is 0 Å². The molecule has 0 bridgehead atoms. The van der Waals surface area contributed by atoms with Gasteiger partial charge in [-0.1, -0.05) is 51.2 Å². The lowest BCUT2D eigenvalue weighted by Crippen LogP contribution is -2.56. The number of hydrogen-bond acceptors (Lipinski definition) is 2. The van der Waals surface area contributed by atoms with Crippen LogP contribution in [-0.2, 0) is 0 Å². The van der Waals surface area contributed by atoms with E-state index in [1.807, 2.05) is 6.92 Å². The third kappa shape index (κ3) is 6.76. The molecule has 1 N–H and O–H groups in total. The van der Waals surface area contributed by atoms with E-state index in [2.05, 4.69) is 31.0 Å². The van der Waals surface area contributed by atoms with Crippen molar-refractivity contribution in [3.8, 4) is 0 Å². The number of nitrogens with zero attached hydrogens (tertiary/aromatic N) is 2. The number of hydrogen-bond donors (Lipinski definition) is 1. The van der Waals surface area contributed by atoms with E-state index < -0.39 is 0 Å². The zero-order chi connectivity index (χ0) is 17.0. The van der Waals surface area contributed by atoms with Crippen molar-refractivity contribution in [1.82, 2.24) is 0 Å². The summed E-state index contributed by atoms with van der Waals surface area (Å²) in [5.74, 6) is 1.24. The van der Waals surface area contributed by atoms with E-state index >= 15 is 0 Å². The highest BCUT2D eigenvalue weighted by molar-refractivity contribution is 5.76. The van der Waals surface area contributed by atoms with Crippen LogP contribution in [-0.4, -0.2) is 41.3 Å². The molecule has 3 heteroatoms. The smallest absolute Gasteiger partial charge is 0.200 e. The summed E-state index contributed by atoms with van der Waals surface area (Å²) in [6.45, 7) is 9.11. The average Bonchev–Trinajstić information content (AvgIpc) is 2.97. The summed E-state index contributed by atoms with van der Waals surface area (Å²) >= 11 is 0. The van der Waals surface area contributed by atoms with E-state index in [4.69, 9.17) is 0 Å². The molecule has 23 heavy (non-hydrogen) atoms. The number of aliphatic imine (C=N–C) groups is 1. The Balaban J connectivity index is 2.06. The van der Waals surface area contributed by atoms with Gasteiger partial charge in [0.2, 0.25) is 5.84 Å². The molecule has 0 radical (unpaired) electrons. The fourth-order valence-corrected chi connectivity index (χ4v) is 3.65. The Morgan fingerprint density at radius 3 is 2.30 bits per heavy atom. The van der Waals surface area contributed by atoms with Gasteiger partial charge in [0.15, 0.2) is 6.23 Å². The van der Waals surface area contributed by atoms with Gasteiger partial charge in [0, 0.05) is 13.3 Å². The van der Waals surface area contributed by atoms with Crippen molar-refractivity contribution in [3.63, 3.8) is 0 Å². The topological polar surface area (TPSA) is 32.6 Å². The molecule has 3 nitrogen and oxygen atoms in total. The number of quaternary nitrogens is 1. The van der Waals surface area contributed by atoms with Crippen LogP contribution in [0.3, 0.4) is 0 Å². The van der Waals surface area contributed by atoms with Gasteiger partial charge in [-0.2, -0.15) is 0 Å². The lowest BCUT2D eigenvalue weighted by molar-refractivity contribution is -0.882. The summed E-state index contributed by atoms with van der Waals surface area (Å²) < 4.78 is 0.714. The van der Waals surface area contributed by atoms with Gasteiger partial charge >= 0.3 is 0 Å². The van der Waals surface area contributed by atoms with E-state index in [0.717, 1.165) is 26.1 Å². The number of aliphatic hydroxyl groups is 1. The van der Waals surface area contributed by atoms with Gasteiger partial charge in [-0.05, 0) is 32.6 Å². The number of allylic oxidation sites excluding steroid dienone is 2.